The molecule has 0 heterocycles. The topological polar surface area (TPSA) is 120 Å². The van der Waals surface area contributed by atoms with Crippen molar-refractivity contribution in [1.29, 1.82) is 0 Å². The van der Waals surface area contributed by atoms with Gasteiger partial charge in [0.05, 0.1) is 31.5 Å². The van der Waals surface area contributed by atoms with Crippen LogP contribution in [0.5, 0.6) is 0 Å². The van der Waals surface area contributed by atoms with E-state index in [2.05, 4.69) is 0 Å². The molecule has 21 heavy (non-hydrogen) atoms. The summed E-state index contributed by atoms with van der Waals surface area (Å²) in [6, 6.07) is 0. The molecule has 0 aliphatic heterocycles. The van der Waals surface area contributed by atoms with E-state index in [1.807, 2.05) is 0 Å². The average Bonchev–Trinajstić information content (AvgIpc) is 2.48. The smallest absolute Gasteiger partial charge is 0.183 e. The average molecular weight is 310 g/mol. The van der Waals surface area contributed by atoms with Crippen molar-refractivity contribution in [3.63, 3.8) is 0 Å². The summed E-state index contributed by atoms with van der Waals surface area (Å²) in [5.41, 5.74) is 0. The molecule has 0 fully saturated rings. The second-order valence-electron chi connectivity index (χ2n) is 5.33. The van der Waals surface area contributed by atoms with E-state index in [-0.39, 0.29) is 32.2 Å². The van der Waals surface area contributed by atoms with E-state index in [0.717, 1.165) is 0 Å². The number of hydrogen-bond acceptors (Lipinski definition) is 7. The first-order valence-electron chi connectivity index (χ1n) is 7.40. The van der Waals surface area contributed by atoms with Crippen LogP contribution in [0.25, 0.3) is 0 Å². The summed E-state index contributed by atoms with van der Waals surface area (Å²) < 4.78 is 10.8. The Morgan fingerprint density at radius 3 is 2.00 bits per heavy atom. The molecule has 0 bridgehead atoms. The Morgan fingerprint density at radius 2 is 1.57 bits per heavy atom. The van der Waals surface area contributed by atoms with Crippen molar-refractivity contribution in [2.24, 2.45) is 5.92 Å². The molecule has 128 valence electrons. The predicted molar refractivity (Wildman–Crippen MR) is 76.6 cm³/mol. The zero-order valence-electron chi connectivity index (χ0n) is 13.1. The fourth-order valence-electron chi connectivity index (χ4n) is 1.71. The highest BCUT2D eigenvalue weighted by atomic mass is 16.7. The third-order valence-electron chi connectivity index (χ3n) is 3.36. The highest BCUT2D eigenvalue weighted by Gasteiger charge is 2.25. The first-order chi connectivity index (χ1) is 9.87. The van der Waals surface area contributed by atoms with E-state index in [0.29, 0.717) is 6.42 Å². The minimum absolute atomic E-state index is 0.0967. The van der Waals surface area contributed by atoms with Gasteiger partial charge in [0.15, 0.2) is 6.29 Å². The Bertz CT molecular complexity index is 249. The molecule has 0 saturated carbocycles. The first-order valence-corrected chi connectivity index (χ1v) is 7.40. The zero-order valence-corrected chi connectivity index (χ0v) is 13.1. The molecule has 0 aliphatic carbocycles. The van der Waals surface area contributed by atoms with E-state index in [9.17, 15) is 20.4 Å². The lowest BCUT2D eigenvalue weighted by atomic mass is 10.1. The van der Waals surface area contributed by atoms with Gasteiger partial charge in [-0.15, -0.1) is 0 Å². The highest BCUT2D eigenvalue weighted by molar-refractivity contribution is 4.68. The number of hydrogen-bond donors (Lipinski definition) is 5. The molecular weight excluding hydrogens is 280 g/mol. The van der Waals surface area contributed by atoms with E-state index in [1.165, 1.54) is 6.92 Å². The Balaban J connectivity index is 4.30. The van der Waals surface area contributed by atoms with Gasteiger partial charge in [0, 0.05) is 12.5 Å². The maximum absolute atomic E-state index is 9.63. The number of rotatable bonds is 12. The van der Waals surface area contributed by atoms with Gasteiger partial charge in [0.2, 0.25) is 0 Å². The lowest BCUT2D eigenvalue weighted by Crippen LogP contribution is -2.39. The standard InChI is InChI=1S/C14H30O7/c1-4-11(18)12(19)5-6-20-14(10(3)17)21-13(8-16)9(2)7-15/h9-19H,4-8H2,1-3H3/t9?,10?,11-,12?,13?,14?/m1/s1. The molecule has 0 radical (unpaired) electrons. The summed E-state index contributed by atoms with van der Waals surface area (Å²) in [6.45, 7) is 4.60. The lowest BCUT2D eigenvalue weighted by Gasteiger charge is -2.29. The quantitative estimate of drug-likeness (QED) is 0.300. The highest BCUT2D eigenvalue weighted by Crippen LogP contribution is 2.13. The Kier molecular flexibility index (Phi) is 11.2. The van der Waals surface area contributed by atoms with Crippen LogP contribution in [0.4, 0.5) is 0 Å². The van der Waals surface area contributed by atoms with Crippen LogP contribution in [-0.2, 0) is 9.47 Å². The zero-order chi connectivity index (χ0) is 16.4. The SMILES string of the molecule is CC[C@@H](O)C(O)CCOC(OC(CO)C(C)CO)C(C)O. The summed E-state index contributed by atoms with van der Waals surface area (Å²) in [4.78, 5) is 0. The summed E-state index contributed by atoms with van der Waals surface area (Å²) >= 11 is 0. The maximum atomic E-state index is 9.63. The van der Waals surface area contributed by atoms with Gasteiger partial charge in [-0.2, -0.15) is 0 Å². The molecule has 0 aromatic carbocycles. The van der Waals surface area contributed by atoms with Gasteiger partial charge in [0.1, 0.15) is 6.10 Å². The van der Waals surface area contributed by atoms with Gasteiger partial charge in [-0.25, -0.2) is 0 Å². The molecule has 5 unspecified atom stereocenters. The van der Waals surface area contributed by atoms with Gasteiger partial charge in [0.25, 0.3) is 0 Å². The van der Waals surface area contributed by atoms with Crippen molar-refractivity contribution in [2.75, 3.05) is 19.8 Å². The number of aliphatic hydroxyl groups is 5. The van der Waals surface area contributed by atoms with E-state index >= 15 is 0 Å². The third-order valence-corrected chi connectivity index (χ3v) is 3.36. The lowest BCUT2D eigenvalue weighted by molar-refractivity contribution is -0.230. The van der Waals surface area contributed by atoms with Crippen LogP contribution in [0.2, 0.25) is 0 Å². The van der Waals surface area contributed by atoms with Crippen LogP contribution < -0.4 is 0 Å². The van der Waals surface area contributed by atoms with Gasteiger partial charge >= 0.3 is 0 Å². The van der Waals surface area contributed by atoms with Crippen LogP contribution >= 0.6 is 0 Å². The van der Waals surface area contributed by atoms with Gasteiger partial charge in [-0.1, -0.05) is 13.8 Å². The Morgan fingerprint density at radius 1 is 0.952 bits per heavy atom. The molecule has 0 amide bonds. The molecule has 0 aromatic rings. The molecule has 0 spiro atoms. The molecule has 0 aliphatic rings. The molecule has 5 N–H and O–H groups in total. The molecule has 0 rings (SSSR count). The first kappa shape index (κ1) is 20.7. The van der Waals surface area contributed by atoms with Crippen molar-refractivity contribution in [1.82, 2.24) is 0 Å². The molecule has 6 atom stereocenters. The summed E-state index contributed by atoms with van der Waals surface area (Å²) in [5.74, 6) is -0.299. The molecule has 0 saturated heterocycles. The predicted octanol–water partition coefficient (Wildman–Crippen LogP) is -0.762. The fraction of sp³-hybridized carbons (Fsp3) is 1.00. The van der Waals surface area contributed by atoms with Crippen molar-refractivity contribution in [2.45, 2.75) is 64.3 Å². The minimum atomic E-state index is -0.970. The van der Waals surface area contributed by atoms with E-state index in [1.54, 1.807) is 13.8 Å². The molecule has 7 nitrogen and oxygen atoms in total. The van der Waals surface area contributed by atoms with Crippen molar-refractivity contribution >= 4 is 0 Å². The van der Waals surface area contributed by atoms with Crippen LogP contribution in [0.1, 0.15) is 33.6 Å². The Hall–Kier alpha value is -0.280. The number of aliphatic hydroxyl groups excluding tert-OH is 5. The Labute approximate surface area is 126 Å². The van der Waals surface area contributed by atoms with Crippen molar-refractivity contribution < 1.29 is 35.0 Å². The molecule has 0 aromatic heterocycles. The van der Waals surface area contributed by atoms with E-state index in [4.69, 9.17) is 14.6 Å². The summed E-state index contributed by atoms with van der Waals surface area (Å²) in [5, 5.41) is 47.0. The number of ether oxygens (including phenoxy) is 2. The van der Waals surface area contributed by atoms with E-state index < -0.39 is 30.7 Å². The maximum Gasteiger partial charge on any atom is 0.183 e. The second kappa shape index (κ2) is 11.3. The normalized spacial score (nSPS) is 20.6. The summed E-state index contributed by atoms with van der Waals surface area (Å²) in [6.07, 6.45) is -3.60. The van der Waals surface area contributed by atoms with Crippen LogP contribution in [0.3, 0.4) is 0 Å². The molecular formula is C14H30O7. The van der Waals surface area contributed by atoms with Gasteiger partial charge < -0.3 is 35.0 Å². The van der Waals surface area contributed by atoms with Crippen LogP contribution in [-0.4, -0.2) is 76.1 Å². The van der Waals surface area contributed by atoms with Crippen molar-refractivity contribution in [3.05, 3.63) is 0 Å². The summed E-state index contributed by atoms with van der Waals surface area (Å²) in [7, 11) is 0. The third kappa shape index (κ3) is 8.06. The van der Waals surface area contributed by atoms with Crippen LogP contribution in [0, 0.1) is 5.92 Å². The monoisotopic (exact) mass is 310 g/mol. The van der Waals surface area contributed by atoms with Gasteiger partial charge in [-0.3, -0.25) is 0 Å². The fourth-order valence-corrected chi connectivity index (χ4v) is 1.71. The van der Waals surface area contributed by atoms with Crippen molar-refractivity contribution in [3.8, 4) is 0 Å². The second-order valence-corrected chi connectivity index (χ2v) is 5.33. The molecule has 7 heteroatoms. The van der Waals surface area contributed by atoms with Crippen LogP contribution in [0.15, 0.2) is 0 Å². The minimum Gasteiger partial charge on any atom is -0.396 e. The largest absolute Gasteiger partial charge is 0.396 e. The van der Waals surface area contributed by atoms with Gasteiger partial charge in [-0.05, 0) is 19.8 Å².